The van der Waals surface area contributed by atoms with Crippen molar-refractivity contribution >= 4 is 29.3 Å². The van der Waals surface area contributed by atoms with Gasteiger partial charge in [-0.05, 0) is 26.0 Å². The molecular weight excluding hydrogens is 372 g/mol. The fraction of sp³-hybridized carbons (Fsp3) is 0.412. The standard InChI is InChI=1S/C17H20N4O5S/c1-4-24-15(22)8-14-19-20-17(21(14)3)27-10(2)16(23)18-11-5-6-12-13(7-11)26-9-25-12/h5-7,10H,4,8-9H2,1-3H3,(H,18,23)/t10-/m0/s1. The van der Waals surface area contributed by atoms with Crippen LogP contribution in [0.3, 0.4) is 0 Å². The van der Waals surface area contributed by atoms with Crippen LogP contribution in [-0.4, -0.2) is 45.3 Å². The molecule has 0 spiro atoms. The zero-order chi connectivity index (χ0) is 19.4. The number of amides is 1. The Morgan fingerprint density at radius 2 is 2.11 bits per heavy atom. The van der Waals surface area contributed by atoms with E-state index in [2.05, 4.69) is 15.5 Å². The third-order valence-corrected chi connectivity index (χ3v) is 4.96. The minimum absolute atomic E-state index is 0.0374. The van der Waals surface area contributed by atoms with Crippen LogP contribution in [-0.2, 0) is 27.8 Å². The number of nitrogens with zero attached hydrogens (tertiary/aromatic N) is 3. The summed E-state index contributed by atoms with van der Waals surface area (Å²) in [6, 6.07) is 5.22. The van der Waals surface area contributed by atoms with Crippen LogP contribution in [0.1, 0.15) is 19.7 Å². The molecule has 10 heteroatoms. The van der Waals surface area contributed by atoms with Gasteiger partial charge in [-0.3, -0.25) is 9.59 Å². The number of esters is 1. The second-order valence-corrected chi connectivity index (χ2v) is 7.06. The summed E-state index contributed by atoms with van der Waals surface area (Å²) in [6.07, 6.45) is 0.0374. The van der Waals surface area contributed by atoms with Crippen LogP contribution >= 0.6 is 11.8 Å². The van der Waals surface area contributed by atoms with Crippen molar-refractivity contribution < 1.29 is 23.8 Å². The SMILES string of the molecule is CCOC(=O)Cc1nnc(S[C@@H](C)C(=O)Nc2ccc3c(c2)OCO3)n1C. The predicted octanol–water partition coefficient (Wildman–Crippen LogP) is 1.77. The maximum atomic E-state index is 12.5. The normalized spacial score (nSPS) is 13.3. The van der Waals surface area contributed by atoms with Gasteiger partial charge in [0, 0.05) is 18.8 Å². The predicted molar refractivity (Wildman–Crippen MR) is 97.9 cm³/mol. The molecule has 0 bridgehead atoms. The van der Waals surface area contributed by atoms with Crippen LogP contribution in [0.25, 0.3) is 0 Å². The number of nitrogens with one attached hydrogen (secondary N) is 1. The van der Waals surface area contributed by atoms with Gasteiger partial charge in [0.1, 0.15) is 12.2 Å². The van der Waals surface area contributed by atoms with Gasteiger partial charge in [-0.15, -0.1) is 10.2 Å². The fourth-order valence-corrected chi connectivity index (χ4v) is 3.21. The number of carbonyl (C=O) groups is 2. The highest BCUT2D eigenvalue weighted by atomic mass is 32.2. The van der Waals surface area contributed by atoms with Gasteiger partial charge < -0.3 is 24.1 Å². The number of thioether (sulfide) groups is 1. The molecule has 0 aliphatic carbocycles. The number of fused-ring (bicyclic) bond motifs is 1. The van der Waals surface area contributed by atoms with Crippen LogP contribution in [0.5, 0.6) is 11.5 Å². The highest BCUT2D eigenvalue weighted by Crippen LogP contribution is 2.34. The van der Waals surface area contributed by atoms with Gasteiger partial charge in [-0.2, -0.15) is 0 Å². The Morgan fingerprint density at radius 1 is 1.33 bits per heavy atom. The summed E-state index contributed by atoms with van der Waals surface area (Å²) in [5.41, 5.74) is 0.623. The Hall–Kier alpha value is -2.75. The zero-order valence-corrected chi connectivity index (χ0v) is 16.0. The molecule has 144 valence electrons. The second kappa shape index (κ2) is 8.30. The summed E-state index contributed by atoms with van der Waals surface area (Å²) in [6.45, 7) is 4.01. The monoisotopic (exact) mass is 392 g/mol. The quantitative estimate of drug-likeness (QED) is 0.561. The molecule has 9 nitrogen and oxygen atoms in total. The van der Waals surface area contributed by atoms with Gasteiger partial charge in [0.25, 0.3) is 0 Å². The van der Waals surface area contributed by atoms with Crippen molar-refractivity contribution in [1.29, 1.82) is 0 Å². The molecule has 0 unspecified atom stereocenters. The lowest BCUT2D eigenvalue weighted by atomic mass is 10.2. The number of aromatic nitrogens is 3. The van der Waals surface area contributed by atoms with Crippen molar-refractivity contribution in [3.63, 3.8) is 0 Å². The van der Waals surface area contributed by atoms with Crippen molar-refractivity contribution in [2.45, 2.75) is 30.7 Å². The number of ether oxygens (including phenoxy) is 3. The first-order chi connectivity index (χ1) is 13.0. The first-order valence-electron chi connectivity index (χ1n) is 8.39. The summed E-state index contributed by atoms with van der Waals surface area (Å²) in [5.74, 6) is 1.19. The molecule has 1 aromatic heterocycles. The average molecular weight is 392 g/mol. The first kappa shape index (κ1) is 19.0. The van der Waals surface area contributed by atoms with Crippen LogP contribution in [0.4, 0.5) is 5.69 Å². The van der Waals surface area contributed by atoms with Crippen LogP contribution < -0.4 is 14.8 Å². The summed E-state index contributed by atoms with van der Waals surface area (Å²) in [5, 5.41) is 11.0. The number of hydrogen-bond donors (Lipinski definition) is 1. The molecule has 0 saturated carbocycles. The number of carbonyl (C=O) groups excluding carboxylic acids is 2. The van der Waals surface area contributed by atoms with Crippen LogP contribution in [0, 0.1) is 0 Å². The molecule has 0 radical (unpaired) electrons. The molecule has 27 heavy (non-hydrogen) atoms. The topological polar surface area (TPSA) is 105 Å². The van der Waals surface area contributed by atoms with Gasteiger partial charge in [0.15, 0.2) is 16.7 Å². The number of benzene rings is 1. The molecule has 1 amide bonds. The van der Waals surface area contributed by atoms with Crippen molar-refractivity contribution in [1.82, 2.24) is 14.8 Å². The Balaban J connectivity index is 1.60. The highest BCUT2D eigenvalue weighted by Gasteiger charge is 2.21. The largest absolute Gasteiger partial charge is 0.466 e. The summed E-state index contributed by atoms with van der Waals surface area (Å²) < 4.78 is 17.2. The smallest absolute Gasteiger partial charge is 0.313 e. The van der Waals surface area contributed by atoms with E-state index >= 15 is 0 Å². The molecule has 1 N–H and O–H groups in total. The molecule has 1 atom stereocenters. The van der Waals surface area contributed by atoms with Crippen LogP contribution in [0.15, 0.2) is 23.4 Å². The van der Waals surface area contributed by atoms with E-state index in [0.29, 0.717) is 34.8 Å². The molecule has 1 aliphatic heterocycles. The highest BCUT2D eigenvalue weighted by molar-refractivity contribution is 8.00. The van der Waals surface area contributed by atoms with E-state index < -0.39 is 5.25 Å². The number of anilines is 1. The van der Waals surface area contributed by atoms with E-state index in [0.717, 1.165) is 0 Å². The number of hydrogen-bond acceptors (Lipinski definition) is 8. The summed E-state index contributed by atoms with van der Waals surface area (Å²) in [4.78, 5) is 24.1. The van der Waals surface area contributed by atoms with Crippen molar-refractivity contribution in [2.75, 3.05) is 18.7 Å². The minimum Gasteiger partial charge on any atom is -0.466 e. The minimum atomic E-state index is -0.422. The second-order valence-electron chi connectivity index (χ2n) is 5.76. The molecule has 1 aliphatic rings. The Labute approximate surface area is 160 Å². The molecule has 1 aromatic carbocycles. The van der Waals surface area contributed by atoms with E-state index in [1.165, 1.54) is 11.8 Å². The van der Waals surface area contributed by atoms with Gasteiger partial charge in [-0.1, -0.05) is 11.8 Å². The van der Waals surface area contributed by atoms with E-state index in [-0.39, 0.29) is 25.1 Å². The van der Waals surface area contributed by atoms with Gasteiger partial charge >= 0.3 is 5.97 Å². The third-order valence-electron chi connectivity index (χ3n) is 3.82. The molecule has 2 heterocycles. The van der Waals surface area contributed by atoms with Crippen molar-refractivity contribution in [3.8, 4) is 11.5 Å². The van der Waals surface area contributed by atoms with Gasteiger partial charge in [-0.25, -0.2) is 0 Å². The maximum Gasteiger partial charge on any atom is 0.313 e. The Morgan fingerprint density at radius 3 is 2.89 bits per heavy atom. The lowest BCUT2D eigenvalue weighted by molar-refractivity contribution is -0.142. The fourth-order valence-electron chi connectivity index (χ4n) is 2.37. The molecular formula is C17H20N4O5S. The van der Waals surface area contributed by atoms with Gasteiger partial charge in [0.05, 0.1) is 11.9 Å². The summed E-state index contributed by atoms with van der Waals surface area (Å²) >= 11 is 1.25. The lowest BCUT2D eigenvalue weighted by Gasteiger charge is -2.12. The Bertz CT molecular complexity index is 854. The molecule has 2 aromatic rings. The van der Waals surface area contributed by atoms with Crippen LogP contribution in [0.2, 0.25) is 0 Å². The maximum absolute atomic E-state index is 12.5. The van der Waals surface area contributed by atoms with E-state index in [1.807, 2.05) is 0 Å². The average Bonchev–Trinajstić information content (AvgIpc) is 3.23. The van der Waals surface area contributed by atoms with E-state index in [1.54, 1.807) is 43.7 Å². The molecule has 0 saturated heterocycles. The lowest BCUT2D eigenvalue weighted by Crippen LogP contribution is -2.22. The van der Waals surface area contributed by atoms with Gasteiger partial charge in [0.2, 0.25) is 12.7 Å². The summed E-state index contributed by atoms with van der Waals surface area (Å²) in [7, 11) is 1.75. The first-order valence-corrected chi connectivity index (χ1v) is 9.27. The van der Waals surface area contributed by atoms with Crippen molar-refractivity contribution in [2.24, 2.45) is 7.05 Å². The zero-order valence-electron chi connectivity index (χ0n) is 15.2. The third kappa shape index (κ3) is 4.51. The van der Waals surface area contributed by atoms with E-state index in [4.69, 9.17) is 14.2 Å². The Kier molecular flexibility index (Phi) is 5.84. The molecule has 0 fully saturated rings. The molecule has 3 rings (SSSR count). The van der Waals surface area contributed by atoms with Crippen molar-refractivity contribution in [3.05, 3.63) is 24.0 Å². The number of rotatable bonds is 7. The van der Waals surface area contributed by atoms with E-state index in [9.17, 15) is 9.59 Å².